The van der Waals surface area contributed by atoms with Gasteiger partial charge in [0.2, 0.25) is 0 Å². The largest absolute Gasteiger partial charge is 0.340 e. The SMILES string of the molecule is C=CCn1c2c(c3cc(C(=O)N4CCC(C)CC4)ccc31)CN(CCCC)CC2. The minimum Gasteiger partial charge on any atom is -0.340 e. The molecular weight excluding hydrogens is 358 g/mol. The molecule has 156 valence electrons. The van der Waals surface area contributed by atoms with E-state index in [-0.39, 0.29) is 5.91 Å². The molecule has 4 nitrogen and oxygen atoms in total. The number of carbonyl (C=O) groups excluding carboxylic acids is 1. The Morgan fingerprint density at radius 1 is 1.24 bits per heavy atom. The Kier molecular flexibility index (Phi) is 6.09. The van der Waals surface area contributed by atoms with Gasteiger partial charge in [-0.3, -0.25) is 9.69 Å². The monoisotopic (exact) mass is 393 g/mol. The van der Waals surface area contributed by atoms with E-state index >= 15 is 0 Å². The first-order chi connectivity index (χ1) is 14.1. The van der Waals surface area contributed by atoms with E-state index < -0.39 is 0 Å². The lowest BCUT2D eigenvalue weighted by Gasteiger charge is -2.30. The highest BCUT2D eigenvalue weighted by Gasteiger charge is 2.26. The zero-order chi connectivity index (χ0) is 20.4. The highest BCUT2D eigenvalue weighted by molar-refractivity contribution is 5.99. The number of benzene rings is 1. The Morgan fingerprint density at radius 2 is 2.03 bits per heavy atom. The molecule has 3 heterocycles. The molecule has 0 unspecified atom stereocenters. The third-order valence-corrected chi connectivity index (χ3v) is 6.79. The van der Waals surface area contributed by atoms with Gasteiger partial charge in [0, 0.05) is 61.3 Å². The van der Waals surface area contributed by atoms with E-state index in [1.807, 2.05) is 17.0 Å². The number of carbonyl (C=O) groups is 1. The van der Waals surface area contributed by atoms with Crippen molar-refractivity contribution in [1.82, 2.24) is 14.4 Å². The number of hydrogen-bond donors (Lipinski definition) is 0. The molecule has 0 spiro atoms. The van der Waals surface area contributed by atoms with Gasteiger partial charge in [0.05, 0.1) is 0 Å². The zero-order valence-corrected chi connectivity index (χ0v) is 18.1. The first-order valence-corrected chi connectivity index (χ1v) is 11.4. The molecule has 1 aromatic heterocycles. The average Bonchev–Trinajstić information content (AvgIpc) is 3.05. The topological polar surface area (TPSA) is 28.5 Å². The van der Waals surface area contributed by atoms with Gasteiger partial charge < -0.3 is 9.47 Å². The molecule has 1 fully saturated rings. The van der Waals surface area contributed by atoms with Crippen LogP contribution in [0, 0.1) is 5.92 Å². The molecule has 0 atom stereocenters. The van der Waals surface area contributed by atoms with Crippen LogP contribution in [-0.4, -0.2) is 46.5 Å². The number of hydrogen-bond acceptors (Lipinski definition) is 2. The van der Waals surface area contributed by atoms with Gasteiger partial charge in [-0.05, 0) is 55.5 Å². The molecule has 0 saturated carbocycles. The summed E-state index contributed by atoms with van der Waals surface area (Å²) in [7, 11) is 0. The van der Waals surface area contributed by atoms with Gasteiger partial charge in [-0.1, -0.05) is 26.3 Å². The second-order valence-corrected chi connectivity index (χ2v) is 8.91. The summed E-state index contributed by atoms with van der Waals surface area (Å²) in [6, 6.07) is 6.35. The van der Waals surface area contributed by atoms with Crippen molar-refractivity contribution in [3.8, 4) is 0 Å². The van der Waals surface area contributed by atoms with Gasteiger partial charge in [-0.25, -0.2) is 0 Å². The van der Waals surface area contributed by atoms with Gasteiger partial charge in [0.15, 0.2) is 0 Å². The number of likely N-dealkylation sites (tertiary alicyclic amines) is 1. The predicted molar refractivity (Wildman–Crippen MR) is 120 cm³/mol. The highest BCUT2D eigenvalue weighted by atomic mass is 16.2. The number of allylic oxidation sites excluding steroid dienone is 1. The Balaban J connectivity index is 1.68. The summed E-state index contributed by atoms with van der Waals surface area (Å²) in [4.78, 5) is 17.8. The molecule has 4 rings (SSSR count). The smallest absolute Gasteiger partial charge is 0.253 e. The van der Waals surface area contributed by atoms with Crippen LogP contribution in [0.4, 0.5) is 0 Å². The molecular formula is C25H35N3O. The standard InChI is InChI=1S/C25H35N3O/c1-4-6-13-26-14-11-24-22(18-26)21-17-20(7-8-23(21)28(24)12-5-2)25(29)27-15-9-19(3)10-16-27/h5,7-8,17,19H,2,4,6,9-16,18H2,1,3H3. The maximum Gasteiger partial charge on any atom is 0.253 e. The van der Waals surface area contributed by atoms with Crippen LogP contribution in [0.1, 0.15) is 61.1 Å². The van der Waals surface area contributed by atoms with Crippen LogP contribution < -0.4 is 0 Å². The van der Waals surface area contributed by atoms with Crippen molar-refractivity contribution in [2.24, 2.45) is 5.92 Å². The quantitative estimate of drug-likeness (QED) is 0.656. The predicted octanol–water partition coefficient (Wildman–Crippen LogP) is 4.86. The van der Waals surface area contributed by atoms with Gasteiger partial charge >= 0.3 is 0 Å². The number of amides is 1. The summed E-state index contributed by atoms with van der Waals surface area (Å²) in [6.07, 6.45) is 7.77. The van der Waals surface area contributed by atoms with Crippen LogP contribution in [0.15, 0.2) is 30.9 Å². The Hall–Kier alpha value is -2.07. The van der Waals surface area contributed by atoms with E-state index in [1.165, 1.54) is 35.0 Å². The molecule has 1 saturated heterocycles. The molecule has 0 bridgehead atoms. The number of unbranched alkanes of at least 4 members (excludes halogenated alkanes) is 1. The maximum absolute atomic E-state index is 13.1. The van der Waals surface area contributed by atoms with E-state index in [1.54, 1.807) is 0 Å². The van der Waals surface area contributed by atoms with Crippen molar-refractivity contribution in [1.29, 1.82) is 0 Å². The zero-order valence-electron chi connectivity index (χ0n) is 18.1. The summed E-state index contributed by atoms with van der Waals surface area (Å²) in [5.41, 5.74) is 4.95. The van der Waals surface area contributed by atoms with Gasteiger partial charge in [-0.2, -0.15) is 0 Å². The third-order valence-electron chi connectivity index (χ3n) is 6.79. The Bertz CT molecular complexity index is 889. The van der Waals surface area contributed by atoms with Crippen molar-refractivity contribution in [2.75, 3.05) is 26.2 Å². The Labute approximate surface area is 175 Å². The molecule has 1 aromatic carbocycles. The van der Waals surface area contributed by atoms with Crippen LogP contribution in [-0.2, 0) is 19.5 Å². The van der Waals surface area contributed by atoms with E-state index in [9.17, 15) is 4.79 Å². The van der Waals surface area contributed by atoms with Crippen LogP contribution in [0.5, 0.6) is 0 Å². The van der Waals surface area contributed by atoms with Crippen molar-refractivity contribution >= 4 is 16.8 Å². The molecule has 0 radical (unpaired) electrons. The highest BCUT2D eigenvalue weighted by Crippen LogP contribution is 2.32. The normalized spacial score (nSPS) is 18.2. The summed E-state index contributed by atoms with van der Waals surface area (Å²) < 4.78 is 2.41. The van der Waals surface area contributed by atoms with Crippen molar-refractivity contribution in [2.45, 2.75) is 59.0 Å². The van der Waals surface area contributed by atoms with Gasteiger partial charge in [0.1, 0.15) is 0 Å². The Morgan fingerprint density at radius 3 is 2.76 bits per heavy atom. The molecule has 0 aliphatic carbocycles. The fourth-order valence-corrected chi connectivity index (χ4v) is 4.94. The fourth-order valence-electron chi connectivity index (χ4n) is 4.94. The molecule has 29 heavy (non-hydrogen) atoms. The molecule has 1 amide bonds. The van der Waals surface area contributed by atoms with E-state index in [0.29, 0.717) is 0 Å². The molecule has 0 N–H and O–H groups in total. The van der Waals surface area contributed by atoms with E-state index in [4.69, 9.17) is 0 Å². The van der Waals surface area contributed by atoms with Crippen molar-refractivity contribution in [3.05, 3.63) is 47.7 Å². The first-order valence-electron chi connectivity index (χ1n) is 11.4. The summed E-state index contributed by atoms with van der Waals surface area (Å²) in [5.74, 6) is 0.929. The lowest BCUT2D eigenvalue weighted by Crippen LogP contribution is -2.37. The van der Waals surface area contributed by atoms with E-state index in [0.717, 1.165) is 70.0 Å². The fraction of sp³-hybridized carbons (Fsp3) is 0.560. The summed E-state index contributed by atoms with van der Waals surface area (Å²) in [5, 5.41) is 1.26. The number of rotatable bonds is 6. The summed E-state index contributed by atoms with van der Waals surface area (Å²) >= 11 is 0. The minimum atomic E-state index is 0.197. The minimum absolute atomic E-state index is 0.197. The molecule has 2 aromatic rings. The van der Waals surface area contributed by atoms with Crippen molar-refractivity contribution < 1.29 is 4.79 Å². The molecule has 4 heteroatoms. The second kappa shape index (κ2) is 8.74. The number of fused-ring (bicyclic) bond motifs is 3. The van der Waals surface area contributed by atoms with Crippen LogP contribution in [0.3, 0.4) is 0 Å². The average molecular weight is 394 g/mol. The number of aromatic nitrogens is 1. The first kappa shape index (κ1) is 20.2. The van der Waals surface area contributed by atoms with Gasteiger partial charge in [-0.15, -0.1) is 6.58 Å². The van der Waals surface area contributed by atoms with Gasteiger partial charge in [0.25, 0.3) is 5.91 Å². The summed E-state index contributed by atoms with van der Waals surface area (Å²) in [6.45, 7) is 14.4. The maximum atomic E-state index is 13.1. The molecule has 2 aliphatic heterocycles. The van der Waals surface area contributed by atoms with Crippen molar-refractivity contribution in [3.63, 3.8) is 0 Å². The van der Waals surface area contributed by atoms with Crippen LogP contribution >= 0.6 is 0 Å². The van der Waals surface area contributed by atoms with Crippen LogP contribution in [0.25, 0.3) is 10.9 Å². The second-order valence-electron chi connectivity index (χ2n) is 8.91. The lowest BCUT2D eigenvalue weighted by molar-refractivity contribution is 0.0697. The lowest BCUT2D eigenvalue weighted by atomic mass is 9.98. The van der Waals surface area contributed by atoms with E-state index in [2.05, 4.69) is 42.0 Å². The van der Waals surface area contributed by atoms with Crippen LogP contribution in [0.2, 0.25) is 0 Å². The number of piperidine rings is 1. The number of nitrogens with zero attached hydrogens (tertiary/aromatic N) is 3. The molecule has 2 aliphatic rings. The third kappa shape index (κ3) is 4.00.